The average molecular weight is 278 g/mol. The van der Waals surface area contributed by atoms with Gasteiger partial charge in [0.15, 0.2) is 5.69 Å². The molecule has 0 amide bonds. The molecular weight excluding hydrogens is 273 g/mol. The third-order valence-corrected chi connectivity index (χ3v) is 2.99. The fourth-order valence-corrected chi connectivity index (χ4v) is 1.79. The normalized spacial score (nSPS) is 9.78. The Morgan fingerprint density at radius 1 is 1.22 bits per heavy atom. The van der Waals surface area contributed by atoms with Gasteiger partial charge in [-0.25, -0.2) is 4.68 Å². The number of nitrogens with zero attached hydrogens (tertiary/aromatic N) is 5. The van der Waals surface area contributed by atoms with Crippen LogP contribution in [0.5, 0.6) is 0 Å². The van der Waals surface area contributed by atoms with E-state index in [1.54, 1.807) is 18.2 Å². The van der Waals surface area contributed by atoms with Gasteiger partial charge in [-0.2, -0.15) is 10.5 Å². The van der Waals surface area contributed by atoms with Crippen molar-refractivity contribution in [2.75, 3.05) is 0 Å². The molecule has 0 saturated carbocycles. The molecule has 0 spiro atoms. The van der Waals surface area contributed by atoms with Crippen molar-refractivity contribution >= 4 is 23.2 Å². The fourth-order valence-electron chi connectivity index (χ4n) is 1.50. The molecule has 0 aliphatic carbocycles. The molecule has 0 saturated heterocycles. The Bertz CT molecular complexity index is 678. The summed E-state index contributed by atoms with van der Waals surface area (Å²) in [6.45, 7) is 0.00423. The average Bonchev–Trinajstić information content (AvgIpc) is 2.76. The van der Waals surface area contributed by atoms with Crippen LogP contribution in [0.15, 0.2) is 18.2 Å². The molecule has 0 unspecified atom stereocenters. The lowest BCUT2D eigenvalue weighted by Gasteiger charge is -2.04. The maximum absolute atomic E-state index is 8.98. The van der Waals surface area contributed by atoms with E-state index in [0.717, 1.165) is 0 Å². The molecule has 18 heavy (non-hydrogen) atoms. The van der Waals surface area contributed by atoms with E-state index in [2.05, 4.69) is 10.3 Å². The number of benzene rings is 1. The lowest BCUT2D eigenvalue weighted by molar-refractivity contribution is 0.674. The Kier molecular flexibility index (Phi) is 3.47. The predicted molar refractivity (Wildman–Crippen MR) is 65.8 cm³/mol. The molecule has 1 aromatic carbocycles. The molecule has 5 nitrogen and oxygen atoms in total. The van der Waals surface area contributed by atoms with E-state index in [-0.39, 0.29) is 12.2 Å². The lowest BCUT2D eigenvalue weighted by Crippen LogP contribution is -2.01. The summed E-state index contributed by atoms with van der Waals surface area (Å²) < 4.78 is 1.35. The summed E-state index contributed by atoms with van der Waals surface area (Å²) in [5.41, 5.74) is 1.24. The molecule has 0 radical (unpaired) electrons. The second kappa shape index (κ2) is 5.05. The van der Waals surface area contributed by atoms with Crippen LogP contribution < -0.4 is 0 Å². The van der Waals surface area contributed by atoms with Crippen LogP contribution in [-0.2, 0) is 6.54 Å². The van der Waals surface area contributed by atoms with Crippen molar-refractivity contribution in [3.8, 4) is 23.4 Å². The molecule has 0 bridgehead atoms. The third kappa shape index (κ3) is 2.14. The summed E-state index contributed by atoms with van der Waals surface area (Å²) in [6, 6.07) is 8.80. The summed E-state index contributed by atoms with van der Waals surface area (Å²) in [7, 11) is 0. The molecule has 1 aromatic heterocycles. The van der Waals surface area contributed by atoms with Crippen LogP contribution in [0.2, 0.25) is 10.0 Å². The second-order valence-electron chi connectivity index (χ2n) is 3.34. The van der Waals surface area contributed by atoms with Crippen molar-refractivity contribution in [2.45, 2.75) is 6.54 Å². The molecule has 0 fully saturated rings. The predicted octanol–water partition coefficient (Wildman–Crippen LogP) is 2.65. The van der Waals surface area contributed by atoms with Crippen LogP contribution in [0.3, 0.4) is 0 Å². The Morgan fingerprint density at radius 3 is 2.61 bits per heavy atom. The molecule has 7 heteroatoms. The van der Waals surface area contributed by atoms with Crippen LogP contribution in [0.1, 0.15) is 5.69 Å². The van der Waals surface area contributed by atoms with E-state index in [1.807, 2.05) is 12.1 Å². The van der Waals surface area contributed by atoms with Gasteiger partial charge in [0.2, 0.25) is 0 Å². The van der Waals surface area contributed by atoms with E-state index in [4.69, 9.17) is 33.7 Å². The minimum atomic E-state index is 0.00423. The Labute approximate surface area is 113 Å². The number of hydrogen-bond acceptors (Lipinski definition) is 4. The van der Waals surface area contributed by atoms with Crippen LogP contribution in [0.4, 0.5) is 0 Å². The lowest BCUT2D eigenvalue weighted by atomic mass is 10.1. The molecule has 88 valence electrons. The largest absolute Gasteiger partial charge is 0.229 e. The van der Waals surface area contributed by atoms with Gasteiger partial charge >= 0.3 is 0 Å². The van der Waals surface area contributed by atoms with E-state index in [0.29, 0.717) is 21.3 Å². The Balaban J connectivity index is 2.62. The minimum absolute atomic E-state index is 0.00423. The van der Waals surface area contributed by atoms with Gasteiger partial charge in [-0.1, -0.05) is 34.5 Å². The van der Waals surface area contributed by atoms with Crippen molar-refractivity contribution in [3.05, 3.63) is 33.9 Å². The second-order valence-corrected chi connectivity index (χ2v) is 4.16. The number of nitriles is 2. The zero-order valence-electron chi connectivity index (χ0n) is 8.93. The number of aromatic nitrogens is 3. The van der Waals surface area contributed by atoms with E-state index >= 15 is 0 Å². The highest BCUT2D eigenvalue weighted by Crippen LogP contribution is 2.29. The first-order valence-electron chi connectivity index (χ1n) is 4.83. The van der Waals surface area contributed by atoms with Crippen molar-refractivity contribution in [1.82, 2.24) is 15.0 Å². The van der Waals surface area contributed by atoms with Crippen LogP contribution in [-0.4, -0.2) is 15.0 Å². The maximum Gasteiger partial charge on any atom is 0.190 e. The topological polar surface area (TPSA) is 78.3 Å². The van der Waals surface area contributed by atoms with E-state index < -0.39 is 0 Å². The van der Waals surface area contributed by atoms with Gasteiger partial charge in [-0.05, 0) is 12.1 Å². The number of halogens is 2. The number of rotatable bonds is 2. The smallest absolute Gasteiger partial charge is 0.190 e. The Hall–Kier alpha value is -2.08. The quantitative estimate of drug-likeness (QED) is 0.845. The summed E-state index contributed by atoms with van der Waals surface area (Å²) in [6.07, 6.45) is 0. The first kappa shape index (κ1) is 12.4. The summed E-state index contributed by atoms with van der Waals surface area (Å²) >= 11 is 11.8. The van der Waals surface area contributed by atoms with Crippen molar-refractivity contribution in [1.29, 1.82) is 10.5 Å². The summed E-state index contributed by atoms with van der Waals surface area (Å²) in [5, 5.41) is 25.9. The van der Waals surface area contributed by atoms with Gasteiger partial charge in [-0.15, -0.1) is 5.10 Å². The minimum Gasteiger partial charge on any atom is -0.229 e. The molecule has 0 aliphatic rings. The van der Waals surface area contributed by atoms with Crippen LogP contribution in [0, 0.1) is 22.7 Å². The van der Waals surface area contributed by atoms with Gasteiger partial charge in [0, 0.05) is 5.56 Å². The molecule has 1 heterocycles. The first-order valence-corrected chi connectivity index (χ1v) is 5.59. The van der Waals surface area contributed by atoms with E-state index in [9.17, 15) is 0 Å². The molecule has 2 rings (SSSR count). The van der Waals surface area contributed by atoms with Gasteiger partial charge < -0.3 is 0 Å². The molecule has 2 aromatic rings. The monoisotopic (exact) mass is 277 g/mol. The Morgan fingerprint density at radius 2 is 2.00 bits per heavy atom. The van der Waals surface area contributed by atoms with Gasteiger partial charge in [0.05, 0.1) is 16.1 Å². The highest BCUT2D eigenvalue weighted by Gasteiger charge is 2.15. The summed E-state index contributed by atoms with van der Waals surface area (Å²) in [5.74, 6) is 0. The molecule has 0 aliphatic heterocycles. The zero-order chi connectivity index (χ0) is 13.1. The van der Waals surface area contributed by atoms with Crippen LogP contribution >= 0.6 is 23.2 Å². The highest BCUT2D eigenvalue weighted by molar-refractivity contribution is 6.42. The molecule has 0 N–H and O–H groups in total. The van der Waals surface area contributed by atoms with Gasteiger partial charge in [-0.3, -0.25) is 0 Å². The third-order valence-electron chi connectivity index (χ3n) is 2.25. The van der Waals surface area contributed by atoms with Crippen molar-refractivity contribution in [2.24, 2.45) is 0 Å². The summed E-state index contributed by atoms with van der Waals surface area (Å²) in [4.78, 5) is 0. The standard InChI is InChI=1S/C11H5Cl2N5/c12-8-2-1-7(5-9(8)13)11-10(6-15)16-17-18(11)4-3-14/h1-2,5H,4H2. The van der Waals surface area contributed by atoms with Crippen molar-refractivity contribution in [3.63, 3.8) is 0 Å². The van der Waals surface area contributed by atoms with Gasteiger partial charge in [0.1, 0.15) is 18.3 Å². The fraction of sp³-hybridized carbons (Fsp3) is 0.0909. The van der Waals surface area contributed by atoms with Crippen LogP contribution in [0.25, 0.3) is 11.3 Å². The van der Waals surface area contributed by atoms with Gasteiger partial charge in [0.25, 0.3) is 0 Å². The molecule has 0 atom stereocenters. The SMILES string of the molecule is N#CCn1nnc(C#N)c1-c1ccc(Cl)c(Cl)c1. The highest BCUT2D eigenvalue weighted by atomic mass is 35.5. The number of hydrogen-bond donors (Lipinski definition) is 0. The van der Waals surface area contributed by atoms with E-state index in [1.165, 1.54) is 4.68 Å². The zero-order valence-corrected chi connectivity index (χ0v) is 10.4. The molecular formula is C11H5Cl2N5. The van der Waals surface area contributed by atoms with Crippen molar-refractivity contribution < 1.29 is 0 Å². The maximum atomic E-state index is 8.98. The first-order chi connectivity index (χ1) is 8.67.